The Kier molecular flexibility index (Phi) is 6.48. The molecule has 3 aliphatic heterocycles. The SMILES string of the molecule is CC1=C(C(=O)N(C)C)C(c2ccccc2)N2C(CC(=O)NCC3CCCO3)=CSC2=N1. The largest absolute Gasteiger partial charge is 0.376 e. The highest BCUT2D eigenvalue weighted by molar-refractivity contribution is 8.16. The monoisotopic (exact) mass is 440 g/mol. The summed E-state index contributed by atoms with van der Waals surface area (Å²) in [6, 6.07) is 9.60. The molecule has 1 aromatic rings. The summed E-state index contributed by atoms with van der Waals surface area (Å²) >= 11 is 1.49. The summed E-state index contributed by atoms with van der Waals surface area (Å²) < 4.78 is 5.60. The number of ether oxygens (including phenoxy) is 1. The standard InChI is InChI=1S/C23H28N4O3S/c1-15-20(22(29)26(2)3)21(16-8-5-4-6-9-16)27-17(14-31-23(27)25-15)12-19(28)24-13-18-10-7-11-30-18/h4-6,8-9,14,18,21H,7,10-13H2,1-3H3,(H,24,28). The second-order valence-corrected chi connectivity index (χ2v) is 8.96. The topological polar surface area (TPSA) is 74.2 Å². The van der Waals surface area contributed by atoms with Crippen LogP contribution in [0.5, 0.6) is 0 Å². The smallest absolute Gasteiger partial charge is 0.253 e. The van der Waals surface area contributed by atoms with Gasteiger partial charge in [0.05, 0.1) is 29.8 Å². The average Bonchev–Trinajstić information content (AvgIpc) is 3.41. The Bertz CT molecular complexity index is 949. The van der Waals surface area contributed by atoms with Gasteiger partial charge in [-0.15, -0.1) is 0 Å². The van der Waals surface area contributed by atoms with E-state index in [9.17, 15) is 9.59 Å². The molecule has 0 aromatic heterocycles. The summed E-state index contributed by atoms with van der Waals surface area (Å²) in [6.45, 7) is 3.18. The zero-order valence-corrected chi connectivity index (χ0v) is 18.9. The number of hydrogen-bond donors (Lipinski definition) is 1. The van der Waals surface area contributed by atoms with Gasteiger partial charge in [-0.3, -0.25) is 9.59 Å². The van der Waals surface area contributed by atoms with Crippen molar-refractivity contribution in [3.8, 4) is 0 Å². The number of amidine groups is 1. The summed E-state index contributed by atoms with van der Waals surface area (Å²) in [6.07, 6.45) is 2.36. The molecule has 1 saturated heterocycles. The van der Waals surface area contributed by atoms with Crippen LogP contribution in [-0.2, 0) is 14.3 Å². The first-order valence-electron chi connectivity index (χ1n) is 10.5. The van der Waals surface area contributed by atoms with Crippen LogP contribution in [0.2, 0.25) is 0 Å². The van der Waals surface area contributed by atoms with E-state index in [2.05, 4.69) is 5.32 Å². The van der Waals surface area contributed by atoms with Crippen LogP contribution in [0.15, 0.2) is 57.7 Å². The van der Waals surface area contributed by atoms with Gasteiger partial charge in [0.1, 0.15) is 0 Å². The lowest BCUT2D eigenvalue weighted by Gasteiger charge is -2.37. The molecule has 2 unspecified atom stereocenters. The first kappa shape index (κ1) is 21.6. The predicted molar refractivity (Wildman–Crippen MR) is 122 cm³/mol. The summed E-state index contributed by atoms with van der Waals surface area (Å²) in [5.41, 5.74) is 3.18. The number of nitrogens with zero attached hydrogens (tertiary/aromatic N) is 3. The molecule has 0 saturated carbocycles. The zero-order chi connectivity index (χ0) is 22.0. The molecule has 0 bridgehead atoms. The minimum absolute atomic E-state index is 0.0535. The van der Waals surface area contributed by atoms with Crippen molar-refractivity contribution < 1.29 is 14.3 Å². The number of rotatable bonds is 6. The van der Waals surface area contributed by atoms with Crippen LogP contribution in [0.4, 0.5) is 0 Å². The van der Waals surface area contributed by atoms with Crippen LogP contribution < -0.4 is 5.32 Å². The first-order valence-corrected chi connectivity index (χ1v) is 11.4. The third-order valence-electron chi connectivity index (χ3n) is 5.65. The lowest BCUT2D eigenvalue weighted by atomic mass is 9.93. The second kappa shape index (κ2) is 9.28. The van der Waals surface area contributed by atoms with E-state index < -0.39 is 0 Å². The molecule has 1 aromatic carbocycles. The quantitative estimate of drug-likeness (QED) is 0.736. The van der Waals surface area contributed by atoms with E-state index >= 15 is 0 Å². The van der Waals surface area contributed by atoms with Gasteiger partial charge in [-0.25, -0.2) is 4.99 Å². The Morgan fingerprint density at radius 1 is 1.29 bits per heavy atom. The van der Waals surface area contributed by atoms with Crippen LogP contribution in [0.25, 0.3) is 0 Å². The molecule has 2 amide bonds. The van der Waals surface area contributed by atoms with Crippen LogP contribution >= 0.6 is 11.8 Å². The van der Waals surface area contributed by atoms with Gasteiger partial charge >= 0.3 is 0 Å². The van der Waals surface area contributed by atoms with Crippen molar-refractivity contribution in [3.05, 3.63) is 58.3 Å². The van der Waals surface area contributed by atoms with E-state index in [0.717, 1.165) is 35.9 Å². The van der Waals surface area contributed by atoms with E-state index in [4.69, 9.17) is 9.73 Å². The van der Waals surface area contributed by atoms with Crippen LogP contribution in [0.1, 0.15) is 37.8 Å². The van der Waals surface area contributed by atoms with Gasteiger partial charge in [-0.05, 0) is 30.7 Å². The molecule has 0 spiro atoms. The van der Waals surface area contributed by atoms with E-state index in [1.54, 1.807) is 19.0 Å². The summed E-state index contributed by atoms with van der Waals surface area (Å²) in [5, 5.41) is 5.76. The Morgan fingerprint density at radius 2 is 2.06 bits per heavy atom. The fourth-order valence-electron chi connectivity index (χ4n) is 4.09. The van der Waals surface area contributed by atoms with Crippen molar-refractivity contribution >= 4 is 28.7 Å². The first-order chi connectivity index (χ1) is 15.0. The van der Waals surface area contributed by atoms with Crippen LogP contribution in [0.3, 0.4) is 0 Å². The molecule has 2 atom stereocenters. The van der Waals surface area contributed by atoms with Crippen molar-refractivity contribution in [2.75, 3.05) is 27.2 Å². The Balaban J connectivity index is 1.59. The van der Waals surface area contributed by atoms with Gasteiger partial charge in [0, 0.05) is 32.9 Å². The molecule has 1 fully saturated rings. The van der Waals surface area contributed by atoms with E-state index in [1.807, 2.05) is 47.6 Å². The van der Waals surface area contributed by atoms with Gasteiger partial charge in [0.2, 0.25) is 5.91 Å². The van der Waals surface area contributed by atoms with Gasteiger partial charge in [-0.1, -0.05) is 42.1 Å². The predicted octanol–water partition coefficient (Wildman–Crippen LogP) is 3.04. The molecule has 164 valence electrons. The molecular formula is C23H28N4O3S. The second-order valence-electron chi connectivity index (χ2n) is 8.12. The zero-order valence-electron chi connectivity index (χ0n) is 18.1. The summed E-state index contributed by atoms with van der Waals surface area (Å²) in [4.78, 5) is 34.1. The number of thioether (sulfide) groups is 1. The molecule has 4 rings (SSSR count). The minimum Gasteiger partial charge on any atom is -0.376 e. The molecule has 31 heavy (non-hydrogen) atoms. The molecule has 1 N–H and O–H groups in total. The molecule has 3 aliphatic rings. The summed E-state index contributed by atoms with van der Waals surface area (Å²) in [5.74, 6) is -0.129. The number of carbonyl (C=O) groups excluding carboxylic acids is 2. The summed E-state index contributed by atoms with van der Waals surface area (Å²) in [7, 11) is 3.50. The number of allylic oxidation sites excluding steroid dienone is 1. The number of carbonyl (C=O) groups is 2. The number of aliphatic imine (C=N–C) groups is 1. The number of likely N-dealkylation sites (N-methyl/N-ethyl adjacent to an activating group) is 1. The van der Waals surface area contributed by atoms with Gasteiger partial charge < -0.3 is 19.9 Å². The lowest BCUT2D eigenvalue weighted by molar-refractivity contribution is -0.125. The minimum atomic E-state index is -0.323. The van der Waals surface area contributed by atoms with Gasteiger partial charge in [0.25, 0.3) is 5.91 Å². The van der Waals surface area contributed by atoms with Gasteiger partial charge in [0.15, 0.2) is 5.17 Å². The molecule has 0 radical (unpaired) electrons. The van der Waals surface area contributed by atoms with Crippen LogP contribution in [0, 0.1) is 0 Å². The Morgan fingerprint density at radius 3 is 2.74 bits per heavy atom. The maximum absolute atomic E-state index is 13.1. The van der Waals surface area contributed by atoms with E-state index in [0.29, 0.717) is 17.8 Å². The van der Waals surface area contributed by atoms with Crippen molar-refractivity contribution in [1.29, 1.82) is 0 Å². The van der Waals surface area contributed by atoms with Crippen molar-refractivity contribution in [3.63, 3.8) is 0 Å². The maximum atomic E-state index is 13.1. The maximum Gasteiger partial charge on any atom is 0.253 e. The third-order valence-corrected chi connectivity index (χ3v) is 6.53. The highest BCUT2D eigenvalue weighted by atomic mass is 32.2. The highest BCUT2D eigenvalue weighted by Gasteiger charge is 2.40. The Hall–Kier alpha value is -2.58. The van der Waals surface area contributed by atoms with E-state index in [1.165, 1.54) is 11.8 Å². The molecule has 7 nitrogen and oxygen atoms in total. The van der Waals surface area contributed by atoms with E-state index in [-0.39, 0.29) is 30.4 Å². The Labute approximate surface area is 187 Å². The number of nitrogens with one attached hydrogen (secondary N) is 1. The fraction of sp³-hybridized carbons (Fsp3) is 0.435. The highest BCUT2D eigenvalue weighted by Crippen LogP contribution is 2.44. The molecule has 0 aliphatic carbocycles. The normalized spacial score (nSPS) is 22.7. The number of benzene rings is 1. The van der Waals surface area contributed by atoms with Gasteiger partial charge in [-0.2, -0.15) is 0 Å². The number of fused-ring (bicyclic) bond motifs is 1. The van der Waals surface area contributed by atoms with Crippen molar-refractivity contribution in [2.24, 2.45) is 4.99 Å². The number of hydrogen-bond acceptors (Lipinski definition) is 6. The molecule has 8 heteroatoms. The average molecular weight is 441 g/mol. The fourth-order valence-corrected chi connectivity index (χ4v) is 5.06. The lowest BCUT2D eigenvalue weighted by Crippen LogP contribution is -2.40. The third kappa shape index (κ3) is 4.55. The number of amides is 2. The van der Waals surface area contributed by atoms with Crippen molar-refractivity contribution in [1.82, 2.24) is 15.1 Å². The van der Waals surface area contributed by atoms with Crippen molar-refractivity contribution in [2.45, 2.75) is 38.3 Å². The molecule has 3 heterocycles. The van der Waals surface area contributed by atoms with Crippen LogP contribution in [-0.4, -0.2) is 60.1 Å². The molecular weight excluding hydrogens is 412 g/mol.